The fourth-order valence-corrected chi connectivity index (χ4v) is 1.71. The van der Waals surface area contributed by atoms with E-state index in [9.17, 15) is 0 Å². The summed E-state index contributed by atoms with van der Waals surface area (Å²) in [5.41, 5.74) is 7.14. The van der Waals surface area contributed by atoms with Crippen molar-refractivity contribution >= 4 is 9.24 Å². The summed E-state index contributed by atoms with van der Waals surface area (Å²) in [6.45, 7) is 14.6. The molecule has 1 rings (SSSR count). The van der Waals surface area contributed by atoms with Crippen LogP contribution in [0.1, 0.15) is 33.6 Å². The molecule has 3 N–H and O–H groups in total. The first-order chi connectivity index (χ1) is 8.71. The van der Waals surface area contributed by atoms with E-state index in [0.717, 1.165) is 25.0 Å². The monoisotopic (exact) mass is 270 g/mol. The molecule has 0 aromatic heterocycles. The van der Waals surface area contributed by atoms with Gasteiger partial charge in [0.05, 0.1) is 0 Å². The molecule has 18 heavy (non-hydrogen) atoms. The maximum Gasteiger partial charge on any atom is 0.0473 e. The fourth-order valence-electron chi connectivity index (χ4n) is 1.71. The van der Waals surface area contributed by atoms with Crippen molar-refractivity contribution < 1.29 is 0 Å². The summed E-state index contributed by atoms with van der Waals surface area (Å²) in [4.78, 5) is 0. The zero-order valence-corrected chi connectivity index (χ0v) is 13.4. The number of hydrogen-bond acceptors (Lipinski definition) is 2. The minimum absolute atomic E-state index is 0.206. The third-order valence-corrected chi connectivity index (χ3v) is 2.41. The molecule has 0 saturated carbocycles. The van der Waals surface area contributed by atoms with Crippen molar-refractivity contribution in [2.75, 3.05) is 12.7 Å². The molecule has 1 heterocycles. The van der Waals surface area contributed by atoms with Crippen LogP contribution < -0.4 is 11.1 Å². The summed E-state index contributed by atoms with van der Waals surface area (Å²) in [5, 5.41) is 3.39. The number of piperidine rings is 1. The normalized spacial score (nSPS) is 22.8. The van der Waals surface area contributed by atoms with E-state index in [1.165, 1.54) is 6.16 Å². The van der Waals surface area contributed by atoms with Gasteiger partial charge >= 0.3 is 0 Å². The van der Waals surface area contributed by atoms with Gasteiger partial charge in [-0.25, -0.2) is 0 Å². The summed E-state index contributed by atoms with van der Waals surface area (Å²) in [6, 6.07) is 0.460. The SMILES string of the molecule is C=C/C=C(\C=C)C1NCCCC1N.CC.CCP. The van der Waals surface area contributed by atoms with Crippen LogP contribution in [0.2, 0.25) is 0 Å². The molecule has 0 spiro atoms. The molecule has 1 saturated heterocycles. The Hall–Kier alpha value is -0.430. The molecule has 2 nitrogen and oxygen atoms in total. The van der Waals surface area contributed by atoms with Gasteiger partial charge in [-0.1, -0.05) is 52.2 Å². The topological polar surface area (TPSA) is 38.0 Å². The highest BCUT2D eigenvalue weighted by atomic mass is 31.0. The van der Waals surface area contributed by atoms with Gasteiger partial charge < -0.3 is 11.1 Å². The number of nitrogens with two attached hydrogens (primary N) is 1. The summed E-state index contributed by atoms with van der Waals surface area (Å²) < 4.78 is 0. The first-order valence-electron chi connectivity index (χ1n) is 6.85. The molecule has 0 bridgehead atoms. The highest BCUT2D eigenvalue weighted by molar-refractivity contribution is 7.16. The van der Waals surface area contributed by atoms with Gasteiger partial charge in [-0.15, -0.1) is 9.24 Å². The molecule has 1 fully saturated rings. The molecular weight excluding hydrogens is 239 g/mol. The Kier molecular flexibility index (Phi) is 16.2. The van der Waals surface area contributed by atoms with E-state index in [1.54, 1.807) is 6.08 Å². The van der Waals surface area contributed by atoms with Crippen LogP contribution in [-0.4, -0.2) is 24.8 Å². The lowest BCUT2D eigenvalue weighted by Gasteiger charge is -2.30. The smallest absolute Gasteiger partial charge is 0.0473 e. The van der Waals surface area contributed by atoms with Crippen molar-refractivity contribution in [2.45, 2.75) is 45.7 Å². The molecule has 0 aromatic carbocycles. The molecule has 106 valence electrons. The van der Waals surface area contributed by atoms with E-state index in [2.05, 4.69) is 34.6 Å². The molecule has 3 heteroatoms. The van der Waals surface area contributed by atoms with Gasteiger partial charge in [0.15, 0.2) is 0 Å². The van der Waals surface area contributed by atoms with E-state index >= 15 is 0 Å². The van der Waals surface area contributed by atoms with E-state index < -0.39 is 0 Å². The van der Waals surface area contributed by atoms with Crippen LogP contribution in [0.15, 0.2) is 37.0 Å². The molecular formula is C15H31N2P. The molecule has 1 aliphatic heterocycles. The van der Waals surface area contributed by atoms with E-state index in [4.69, 9.17) is 5.73 Å². The van der Waals surface area contributed by atoms with Gasteiger partial charge in [0.2, 0.25) is 0 Å². The molecule has 3 atom stereocenters. The molecule has 0 aromatic rings. The third-order valence-electron chi connectivity index (χ3n) is 2.41. The summed E-state index contributed by atoms with van der Waals surface area (Å²) >= 11 is 0. The summed E-state index contributed by atoms with van der Waals surface area (Å²) in [7, 11) is 2.58. The largest absolute Gasteiger partial charge is 0.326 e. The summed E-state index contributed by atoms with van der Waals surface area (Å²) in [5.74, 6) is 0. The van der Waals surface area contributed by atoms with Gasteiger partial charge in [0.1, 0.15) is 0 Å². The van der Waals surface area contributed by atoms with Gasteiger partial charge in [0, 0.05) is 12.1 Å². The summed E-state index contributed by atoms with van der Waals surface area (Å²) in [6.07, 6.45) is 9.01. The zero-order chi connectivity index (χ0) is 14.4. The van der Waals surface area contributed by atoms with Crippen LogP contribution in [0.4, 0.5) is 0 Å². The highest BCUT2D eigenvalue weighted by Crippen LogP contribution is 2.14. The molecule has 1 aliphatic rings. The van der Waals surface area contributed by atoms with E-state index in [-0.39, 0.29) is 12.1 Å². The Morgan fingerprint density at radius 3 is 2.39 bits per heavy atom. The first kappa shape index (κ1) is 19.9. The van der Waals surface area contributed by atoms with Crippen LogP contribution >= 0.6 is 9.24 Å². The van der Waals surface area contributed by atoms with Gasteiger partial charge in [-0.05, 0) is 31.1 Å². The predicted molar refractivity (Wildman–Crippen MR) is 89.1 cm³/mol. The average molecular weight is 270 g/mol. The minimum atomic E-state index is 0.206. The Balaban J connectivity index is 0. The molecule has 0 amide bonds. The Labute approximate surface area is 116 Å². The van der Waals surface area contributed by atoms with E-state index in [1.807, 2.05) is 26.0 Å². The molecule has 3 unspecified atom stereocenters. The lowest BCUT2D eigenvalue weighted by molar-refractivity contribution is 0.389. The maximum absolute atomic E-state index is 6.00. The van der Waals surface area contributed by atoms with Crippen molar-refractivity contribution in [3.05, 3.63) is 37.0 Å². The second-order valence-corrected chi connectivity index (χ2v) is 4.57. The van der Waals surface area contributed by atoms with Crippen LogP contribution in [0.5, 0.6) is 0 Å². The maximum atomic E-state index is 6.00. The van der Waals surface area contributed by atoms with Crippen molar-refractivity contribution in [1.82, 2.24) is 5.32 Å². The average Bonchev–Trinajstić information content (AvgIpc) is 2.40. The quantitative estimate of drug-likeness (QED) is 0.610. The van der Waals surface area contributed by atoms with Crippen molar-refractivity contribution in [3.63, 3.8) is 0 Å². The number of allylic oxidation sites excluding steroid dienone is 2. The lowest BCUT2D eigenvalue weighted by atomic mass is 9.92. The second-order valence-electron chi connectivity index (χ2n) is 3.75. The van der Waals surface area contributed by atoms with Crippen LogP contribution in [0.3, 0.4) is 0 Å². The van der Waals surface area contributed by atoms with Gasteiger partial charge in [-0.3, -0.25) is 0 Å². The molecule has 0 aliphatic carbocycles. The standard InChI is InChI=1S/C11H18N2.C2H7P.C2H6/c1-3-6-9(4-2)11-10(12)7-5-8-13-11;1-2-3;1-2/h3-4,6,10-11,13H,1-2,5,7-8,12H2;2-3H2,1H3;1-2H3/b9-6+;;. The van der Waals surface area contributed by atoms with Gasteiger partial charge in [0.25, 0.3) is 0 Å². The number of hydrogen-bond donors (Lipinski definition) is 2. The Bertz CT molecular complexity index is 237. The van der Waals surface area contributed by atoms with Crippen molar-refractivity contribution in [1.29, 1.82) is 0 Å². The minimum Gasteiger partial charge on any atom is -0.326 e. The Morgan fingerprint density at radius 2 is 2.00 bits per heavy atom. The number of rotatable bonds is 3. The first-order valence-corrected chi connectivity index (χ1v) is 7.66. The predicted octanol–water partition coefficient (Wildman–Crippen LogP) is 3.27. The van der Waals surface area contributed by atoms with Crippen LogP contribution in [0, 0.1) is 0 Å². The van der Waals surface area contributed by atoms with E-state index in [0.29, 0.717) is 0 Å². The fraction of sp³-hybridized carbons (Fsp3) is 0.600. The Morgan fingerprint density at radius 1 is 1.44 bits per heavy atom. The second kappa shape index (κ2) is 14.6. The zero-order valence-electron chi connectivity index (χ0n) is 12.3. The molecule has 0 radical (unpaired) electrons. The number of nitrogens with one attached hydrogen (secondary N) is 1. The van der Waals surface area contributed by atoms with Crippen LogP contribution in [-0.2, 0) is 0 Å². The highest BCUT2D eigenvalue weighted by Gasteiger charge is 2.22. The third kappa shape index (κ3) is 8.63. The van der Waals surface area contributed by atoms with Crippen molar-refractivity contribution in [3.8, 4) is 0 Å². The van der Waals surface area contributed by atoms with Gasteiger partial charge in [-0.2, -0.15) is 0 Å². The van der Waals surface area contributed by atoms with Crippen molar-refractivity contribution in [2.24, 2.45) is 5.73 Å². The lowest BCUT2D eigenvalue weighted by Crippen LogP contribution is -2.50. The van der Waals surface area contributed by atoms with Crippen LogP contribution in [0.25, 0.3) is 0 Å².